The minimum Gasteiger partial charge on any atom is -0.485 e. The molecule has 1 aliphatic heterocycles. The van der Waals surface area contributed by atoms with Crippen molar-refractivity contribution < 1.29 is 14.3 Å². The Morgan fingerprint density at radius 1 is 1.14 bits per heavy atom. The van der Waals surface area contributed by atoms with E-state index in [1.165, 1.54) is 0 Å². The van der Waals surface area contributed by atoms with Crippen molar-refractivity contribution in [1.82, 2.24) is 8.75 Å². The summed E-state index contributed by atoms with van der Waals surface area (Å²) in [6.45, 7) is 0.184. The Morgan fingerprint density at radius 2 is 1.95 bits per heavy atom. The predicted octanol–water partition coefficient (Wildman–Crippen LogP) is 2.47. The number of anilines is 1. The van der Waals surface area contributed by atoms with Crippen LogP contribution in [-0.4, -0.2) is 27.4 Å². The Morgan fingerprint density at radius 3 is 2.86 bits per heavy atom. The smallest absolute Gasteiger partial charge is 0.269 e. The van der Waals surface area contributed by atoms with Crippen LogP contribution in [0.2, 0.25) is 0 Å². The highest BCUT2D eigenvalue weighted by molar-refractivity contribution is 7.00. The summed E-state index contributed by atoms with van der Waals surface area (Å²) in [5.41, 5.74) is 2.23. The molecule has 4 rings (SSSR count). The third-order valence-electron chi connectivity index (χ3n) is 3.32. The summed E-state index contributed by atoms with van der Waals surface area (Å²) in [5.74, 6) is 0.978. The third-order valence-corrected chi connectivity index (χ3v) is 3.88. The van der Waals surface area contributed by atoms with Gasteiger partial charge in [0.25, 0.3) is 5.91 Å². The van der Waals surface area contributed by atoms with Gasteiger partial charge in [-0.05, 0) is 30.3 Å². The van der Waals surface area contributed by atoms with Gasteiger partial charge in [-0.3, -0.25) is 4.79 Å². The van der Waals surface area contributed by atoms with Crippen LogP contribution in [0.5, 0.6) is 11.5 Å². The molecular weight excluding hydrogens is 302 g/mol. The molecule has 1 aliphatic rings. The van der Waals surface area contributed by atoms with Crippen LogP contribution in [0, 0.1) is 0 Å². The van der Waals surface area contributed by atoms with Crippen LogP contribution >= 0.6 is 11.7 Å². The van der Waals surface area contributed by atoms with E-state index < -0.39 is 6.10 Å². The van der Waals surface area contributed by atoms with Crippen molar-refractivity contribution in [2.24, 2.45) is 0 Å². The number of para-hydroxylation sites is 2. The van der Waals surface area contributed by atoms with E-state index in [1.54, 1.807) is 18.2 Å². The zero-order chi connectivity index (χ0) is 14.9. The molecular formula is C15H11N3O3S. The summed E-state index contributed by atoms with van der Waals surface area (Å²) in [5, 5.41) is 2.82. The Bertz CT molecular complexity index is 849. The highest BCUT2D eigenvalue weighted by atomic mass is 32.1. The van der Waals surface area contributed by atoms with Crippen molar-refractivity contribution in [2.45, 2.75) is 6.10 Å². The third kappa shape index (κ3) is 2.35. The van der Waals surface area contributed by atoms with Crippen LogP contribution in [0.15, 0.2) is 42.5 Å². The number of carbonyl (C=O) groups is 1. The molecule has 0 fully saturated rings. The predicted molar refractivity (Wildman–Crippen MR) is 82.4 cm³/mol. The van der Waals surface area contributed by atoms with Crippen molar-refractivity contribution in [3.05, 3.63) is 42.5 Å². The van der Waals surface area contributed by atoms with Crippen molar-refractivity contribution >= 4 is 34.4 Å². The average Bonchev–Trinajstić information content (AvgIpc) is 3.02. The lowest BCUT2D eigenvalue weighted by Gasteiger charge is -2.25. The lowest BCUT2D eigenvalue weighted by molar-refractivity contribution is -0.125. The number of hydrogen-bond donors (Lipinski definition) is 1. The lowest BCUT2D eigenvalue weighted by atomic mass is 10.2. The SMILES string of the molecule is O=C(Nc1ccc2nsnc2c1)C1COc2ccccc2O1. The monoisotopic (exact) mass is 313 g/mol. The second-order valence-corrected chi connectivity index (χ2v) is 5.35. The Kier molecular flexibility index (Phi) is 3.12. The van der Waals surface area contributed by atoms with Crippen LogP contribution in [0.3, 0.4) is 0 Å². The molecule has 1 aromatic heterocycles. The Labute approximate surface area is 130 Å². The van der Waals surface area contributed by atoms with E-state index in [2.05, 4.69) is 14.1 Å². The van der Waals surface area contributed by atoms with E-state index in [4.69, 9.17) is 9.47 Å². The van der Waals surface area contributed by atoms with Gasteiger partial charge in [0.05, 0.1) is 11.7 Å². The summed E-state index contributed by atoms with van der Waals surface area (Å²) >= 11 is 1.14. The fourth-order valence-corrected chi connectivity index (χ4v) is 2.75. The van der Waals surface area contributed by atoms with Gasteiger partial charge < -0.3 is 14.8 Å². The van der Waals surface area contributed by atoms with Crippen LogP contribution in [0.25, 0.3) is 11.0 Å². The molecule has 2 heterocycles. The van der Waals surface area contributed by atoms with E-state index in [0.717, 1.165) is 22.8 Å². The number of amides is 1. The zero-order valence-electron chi connectivity index (χ0n) is 11.4. The van der Waals surface area contributed by atoms with Gasteiger partial charge in [-0.1, -0.05) is 12.1 Å². The number of aromatic nitrogens is 2. The molecule has 0 bridgehead atoms. The molecule has 0 saturated carbocycles. The molecule has 0 aliphatic carbocycles. The van der Waals surface area contributed by atoms with E-state index in [-0.39, 0.29) is 12.5 Å². The van der Waals surface area contributed by atoms with Gasteiger partial charge in [-0.2, -0.15) is 8.75 Å². The Balaban J connectivity index is 1.50. The van der Waals surface area contributed by atoms with Gasteiger partial charge in [0.1, 0.15) is 17.6 Å². The normalized spacial score (nSPS) is 16.5. The first-order valence-corrected chi connectivity index (χ1v) is 7.44. The number of hydrogen-bond acceptors (Lipinski definition) is 6. The number of fused-ring (bicyclic) bond motifs is 2. The lowest BCUT2D eigenvalue weighted by Crippen LogP contribution is -2.40. The first-order valence-electron chi connectivity index (χ1n) is 6.71. The number of ether oxygens (including phenoxy) is 2. The Hall–Kier alpha value is -2.67. The minimum absolute atomic E-state index is 0.184. The molecule has 1 unspecified atom stereocenters. The molecule has 1 amide bonds. The standard InChI is InChI=1S/C15H11N3O3S/c19-15(14-8-20-12-3-1-2-4-13(12)21-14)16-9-5-6-10-11(7-9)18-22-17-10/h1-7,14H,8H2,(H,16,19). The van der Waals surface area contributed by atoms with Gasteiger partial charge >= 0.3 is 0 Å². The molecule has 0 spiro atoms. The van der Waals surface area contributed by atoms with Crippen LogP contribution in [0.4, 0.5) is 5.69 Å². The molecule has 1 N–H and O–H groups in total. The van der Waals surface area contributed by atoms with Gasteiger partial charge in [0, 0.05) is 5.69 Å². The topological polar surface area (TPSA) is 73.3 Å². The number of benzene rings is 2. The molecule has 6 nitrogen and oxygen atoms in total. The van der Waals surface area contributed by atoms with Crippen molar-refractivity contribution in [3.8, 4) is 11.5 Å². The second kappa shape index (κ2) is 5.27. The molecule has 3 aromatic rings. The molecule has 0 radical (unpaired) electrons. The summed E-state index contributed by atoms with van der Waals surface area (Å²) in [6.07, 6.45) is -0.681. The number of rotatable bonds is 2. The molecule has 1 atom stereocenters. The van der Waals surface area contributed by atoms with Crippen LogP contribution < -0.4 is 14.8 Å². The van der Waals surface area contributed by atoms with E-state index in [1.807, 2.05) is 24.3 Å². The quantitative estimate of drug-likeness (QED) is 0.787. The molecule has 110 valence electrons. The number of nitrogens with one attached hydrogen (secondary N) is 1. The summed E-state index contributed by atoms with van der Waals surface area (Å²) in [7, 11) is 0. The maximum atomic E-state index is 12.3. The van der Waals surface area contributed by atoms with Crippen molar-refractivity contribution in [2.75, 3.05) is 11.9 Å². The van der Waals surface area contributed by atoms with Crippen LogP contribution in [-0.2, 0) is 4.79 Å². The fraction of sp³-hybridized carbons (Fsp3) is 0.133. The minimum atomic E-state index is -0.681. The largest absolute Gasteiger partial charge is 0.485 e. The molecule has 0 saturated heterocycles. The van der Waals surface area contributed by atoms with E-state index in [9.17, 15) is 4.79 Å². The highest BCUT2D eigenvalue weighted by Gasteiger charge is 2.27. The zero-order valence-corrected chi connectivity index (χ0v) is 12.2. The second-order valence-electron chi connectivity index (χ2n) is 4.82. The molecule has 2 aromatic carbocycles. The fourth-order valence-electron chi connectivity index (χ4n) is 2.23. The van der Waals surface area contributed by atoms with E-state index in [0.29, 0.717) is 17.2 Å². The first kappa shape index (κ1) is 13.0. The van der Waals surface area contributed by atoms with Crippen molar-refractivity contribution in [3.63, 3.8) is 0 Å². The number of carbonyl (C=O) groups excluding carboxylic acids is 1. The van der Waals surface area contributed by atoms with Gasteiger partial charge in [0.15, 0.2) is 11.5 Å². The maximum absolute atomic E-state index is 12.3. The summed E-state index contributed by atoms with van der Waals surface area (Å²) in [4.78, 5) is 12.3. The van der Waals surface area contributed by atoms with Gasteiger partial charge in [-0.15, -0.1) is 0 Å². The van der Waals surface area contributed by atoms with Crippen LogP contribution in [0.1, 0.15) is 0 Å². The van der Waals surface area contributed by atoms with Gasteiger partial charge in [-0.25, -0.2) is 0 Å². The summed E-state index contributed by atoms with van der Waals surface area (Å²) in [6, 6.07) is 12.7. The maximum Gasteiger partial charge on any atom is 0.269 e. The average molecular weight is 313 g/mol. The highest BCUT2D eigenvalue weighted by Crippen LogP contribution is 2.31. The number of nitrogens with zero attached hydrogens (tertiary/aromatic N) is 2. The first-order chi connectivity index (χ1) is 10.8. The van der Waals surface area contributed by atoms with Crippen molar-refractivity contribution in [1.29, 1.82) is 0 Å². The summed E-state index contributed by atoms with van der Waals surface area (Å²) < 4.78 is 19.5. The van der Waals surface area contributed by atoms with E-state index >= 15 is 0 Å². The molecule has 22 heavy (non-hydrogen) atoms. The van der Waals surface area contributed by atoms with Gasteiger partial charge in [0.2, 0.25) is 6.10 Å². The molecule has 7 heteroatoms.